The summed E-state index contributed by atoms with van der Waals surface area (Å²) in [6.45, 7) is 18.9. The van der Waals surface area contributed by atoms with Gasteiger partial charge < -0.3 is 37.3 Å². The Bertz CT molecular complexity index is 1960. The van der Waals surface area contributed by atoms with Crippen molar-refractivity contribution in [3.05, 3.63) is 22.5 Å². The van der Waals surface area contributed by atoms with Crippen molar-refractivity contribution in [2.45, 2.75) is 146 Å². The van der Waals surface area contributed by atoms with Crippen LogP contribution in [0, 0.1) is 56.7 Å². The minimum Gasteiger partial charge on any atom is -0.481 e. The van der Waals surface area contributed by atoms with E-state index < -0.39 is 87.1 Å². The predicted octanol–water partition coefficient (Wildman–Crippen LogP) is 6.70. The molecule has 0 saturated carbocycles. The van der Waals surface area contributed by atoms with Crippen molar-refractivity contribution in [2.75, 3.05) is 0 Å². The molecule has 3 aliphatic heterocycles. The van der Waals surface area contributed by atoms with E-state index in [1.165, 1.54) is 0 Å². The van der Waals surface area contributed by atoms with Gasteiger partial charge in [0.1, 0.15) is 0 Å². The fraction of sp³-hybridized carbons (Fsp3) is 0.689. The highest BCUT2D eigenvalue weighted by Gasteiger charge is 2.56. The summed E-state index contributed by atoms with van der Waals surface area (Å²) >= 11 is 0. The average Bonchev–Trinajstić information content (AvgIpc) is 3.69. The number of nitrogens with one attached hydrogen (secondary N) is 1. The number of nitrogens with two attached hydrogens (primary N) is 2. The van der Waals surface area contributed by atoms with Crippen LogP contribution in [0.4, 0.5) is 0 Å². The van der Waals surface area contributed by atoms with Gasteiger partial charge in [0.15, 0.2) is 0 Å². The van der Waals surface area contributed by atoms with E-state index >= 15 is 0 Å². The Morgan fingerprint density at radius 2 is 1.41 bits per heavy atom. The molecule has 0 spiro atoms. The number of carboxylic acid groups (broad SMARTS) is 4. The number of aliphatic carboxylic acids is 4. The standard InChI is InChI=1S/C45H68N6O10/c1-11-44(9)29(18-37(60)61)40(25(5)45(10,21-33(47)53)27(13-16-35(56)57)38(48)23(2)3)51-41(44)24(4)39-28(14-17-36(58)59)42(6,7)31(50-39)19-30-26(12-15-34(54)55)43(8,22-49-30)20-32(46)52/h22-25,27,29,40,48H,11-21H2,1-10H3,(H2,46,52)(H2,47,53)(H,54,55)(H,56,57)(H,58,59)(H,60,61). The van der Waals surface area contributed by atoms with Gasteiger partial charge in [0.2, 0.25) is 11.8 Å². The van der Waals surface area contributed by atoms with Gasteiger partial charge in [-0.05, 0) is 54.1 Å². The highest BCUT2D eigenvalue weighted by molar-refractivity contribution is 6.02. The van der Waals surface area contributed by atoms with Crippen molar-refractivity contribution in [1.29, 1.82) is 5.41 Å². The Kier molecular flexibility index (Phi) is 16.0. The van der Waals surface area contributed by atoms with Crippen molar-refractivity contribution < 1.29 is 49.2 Å². The van der Waals surface area contributed by atoms with Gasteiger partial charge in [-0.1, -0.05) is 69.2 Å². The van der Waals surface area contributed by atoms with Crippen LogP contribution in [0.3, 0.4) is 0 Å². The first-order valence-corrected chi connectivity index (χ1v) is 21.3. The molecule has 3 aliphatic rings. The van der Waals surface area contributed by atoms with Crippen molar-refractivity contribution in [2.24, 2.45) is 77.7 Å². The van der Waals surface area contributed by atoms with Crippen LogP contribution in [0.1, 0.15) is 140 Å². The summed E-state index contributed by atoms with van der Waals surface area (Å²) in [5, 5.41) is 48.7. The summed E-state index contributed by atoms with van der Waals surface area (Å²) in [5.41, 5.74) is 12.1. The molecular formula is C45H68N6O10. The number of hydrogen-bond donors (Lipinski definition) is 7. The van der Waals surface area contributed by atoms with Gasteiger partial charge in [-0.15, -0.1) is 0 Å². The molecule has 0 bridgehead atoms. The van der Waals surface area contributed by atoms with Crippen LogP contribution in [0.15, 0.2) is 37.5 Å². The molecule has 3 rings (SSSR count). The van der Waals surface area contributed by atoms with Crippen LogP contribution in [0.5, 0.6) is 0 Å². The third kappa shape index (κ3) is 10.9. The Labute approximate surface area is 359 Å². The highest BCUT2D eigenvalue weighted by Crippen LogP contribution is 2.56. The van der Waals surface area contributed by atoms with Crippen LogP contribution in [0.2, 0.25) is 0 Å². The molecule has 16 heteroatoms. The molecule has 3 heterocycles. The van der Waals surface area contributed by atoms with Crippen LogP contribution < -0.4 is 11.5 Å². The topological polar surface area (TPSA) is 296 Å². The number of carbonyl (C=O) groups is 6. The van der Waals surface area contributed by atoms with Crippen LogP contribution >= 0.6 is 0 Å². The van der Waals surface area contributed by atoms with Crippen molar-refractivity contribution in [3.63, 3.8) is 0 Å². The summed E-state index contributed by atoms with van der Waals surface area (Å²) in [6.07, 6.45) is 1.46. The smallest absolute Gasteiger partial charge is 0.303 e. The van der Waals surface area contributed by atoms with Crippen LogP contribution in [0.25, 0.3) is 0 Å². The molecule has 0 radical (unpaired) electrons. The summed E-state index contributed by atoms with van der Waals surface area (Å²) in [4.78, 5) is 88.7. The van der Waals surface area contributed by atoms with Crippen LogP contribution in [-0.4, -0.2) is 85.5 Å². The lowest BCUT2D eigenvalue weighted by Gasteiger charge is -2.47. The number of nitrogens with zero attached hydrogens (tertiary/aromatic N) is 3. The quantitative estimate of drug-likeness (QED) is 0.0477. The minimum absolute atomic E-state index is 0.0703. The first-order chi connectivity index (χ1) is 28.1. The first kappa shape index (κ1) is 50.3. The second-order valence-electron chi connectivity index (χ2n) is 19.0. The van der Waals surface area contributed by atoms with Gasteiger partial charge in [-0.25, -0.2) is 0 Å². The molecular weight excluding hydrogens is 785 g/mol. The van der Waals surface area contributed by atoms with E-state index in [-0.39, 0.29) is 75.8 Å². The van der Waals surface area contributed by atoms with E-state index in [1.807, 2.05) is 62.3 Å². The largest absolute Gasteiger partial charge is 0.481 e. The van der Waals surface area contributed by atoms with Gasteiger partial charge in [-0.2, -0.15) is 0 Å². The minimum atomic E-state index is -1.09. The number of amides is 2. The van der Waals surface area contributed by atoms with Gasteiger partial charge in [-0.3, -0.25) is 43.7 Å². The third-order valence-corrected chi connectivity index (χ3v) is 14.2. The lowest BCUT2D eigenvalue weighted by molar-refractivity contribution is -0.140. The molecule has 0 aromatic carbocycles. The molecule has 0 saturated heterocycles. The Balaban J connectivity index is 2.31. The summed E-state index contributed by atoms with van der Waals surface area (Å²) in [7, 11) is 0. The molecule has 16 nitrogen and oxygen atoms in total. The van der Waals surface area contributed by atoms with Gasteiger partial charge in [0.05, 0.1) is 12.5 Å². The maximum absolute atomic E-state index is 12.9. The van der Waals surface area contributed by atoms with E-state index in [2.05, 4.69) is 4.99 Å². The number of allylic oxidation sites excluding steroid dienone is 4. The molecule has 0 fully saturated rings. The molecule has 0 aliphatic carbocycles. The number of hydrogen-bond acceptors (Lipinski definition) is 10. The second kappa shape index (κ2) is 19.4. The fourth-order valence-electron chi connectivity index (χ4n) is 10.3. The summed E-state index contributed by atoms with van der Waals surface area (Å²) in [6, 6.07) is -0.700. The van der Waals surface area contributed by atoms with E-state index in [9.17, 15) is 49.2 Å². The van der Waals surface area contributed by atoms with Gasteiger partial charge in [0.25, 0.3) is 0 Å². The number of carbonyl (C=O) groups excluding carboxylic acids is 2. The van der Waals surface area contributed by atoms with E-state index in [1.54, 1.807) is 13.1 Å². The zero-order valence-corrected chi connectivity index (χ0v) is 37.6. The number of primary amides is 2. The monoisotopic (exact) mass is 852 g/mol. The van der Waals surface area contributed by atoms with E-state index in [4.69, 9.17) is 26.9 Å². The predicted molar refractivity (Wildman–Crippen MR) is 233 cm³/mol. The SMILES string of the molecule is CCC1(C)C(C(C)C2=C(CCC(=O)O)C(C)(C)C(CC3=C(CCC(=O)O)C(C)(CC(N)=O)C=N3)=N2)=NC(C(C)C(C)(CC(N)=O)C(CCC(=O)O)C(=N)C(C)C)C1CC(=O)O. The molecule has 338 valence electrons. The molecule has 0 aromatic heterocycles. The third-order valence-electron chi connectivity index (χ3n) is 14.2. The highest BCUT2D eigenvalue weighted by atomic mass is 16.4. The maximum Gasteiger partial charge on any atom is 0.303 e. The Morgan fingerprint density at radius 1 is 0.852 bits per heavy atom. The molecule has 0 aromatic rings. The molecule has 8 atom stereocenters. The summed E-state index contributed by atoms with van der Waals surface area (Å²) < 4.78 is 0. The number of aliphatic imine (C=N–C) groups is 3. The summed E-state index contributed by atoms with van der Waals surface area (Å²) in [5.74, 6) is -7.99. The molecule has 61 heavy (non-hydrogen) atoms. The second-order valence-corrected chi connectivity index (χ2v) is 19.0. The fourth-order valence-corrected chi connectivity index (χ4v) is 10.3. The number of carboxylic acids is 4. The van der Waals surface area contributed by atoms with Crippen molar-refractivity contribution >= 4 is 59.0 Å². The van der Waals surface area contributed by atoms with Crippen molar-refractivity contribution in [3.8, 4) is 0 Å². The van der Waals surface area contributed by atoms with E-state index in [0.29, 0.717) is 34.8 Å². The van der Waals surface area contributed by atoms with Gasteiger partial charge >= 0.3 is 23.9 Å². The van der Waals surface area contributed by atoms with Gasteiger partial charge in [0, 0.05) is 107 Å². The Morgan fingerprint density at radius 3 is 1.89 bits per heavy atom. The lowest BCUT2D eigenvalue weighted by Crippen LogP contribution is -2.49. The first-order valence-electron chi connectivity index (χ1n) is 21.3. The average molecular weight is 853 g/mol. The Hall–Kier alpha value is -5.02. The lowest BCUT2D eigenvalue weighted by atomic mass is 9.57. The molecule has 8 unspecified atom stereocenters. The zero-order valence-electron chi connectivity index (χ0n) is 37.6. The van der Waals surface area contributed by atoms with E-state index in [0.717, 1.165) is 5.57 Å². The number of rotatable bonds is 25. The maximum atomic E-state index is 12.9. The zero-order chi connectivity index (χ0) is 46.6. The van der Waals surface area contributed by atoms with Crippen molar-refractivity contribution in [1.82, 2.24) is 0 Å². The van der Waals surface area contributed by atoms with Crippen LogP contribution in [-0.2, 0) is 28.8 Å². The normalized spacial score (nSPS) is 25.8. The molecule has 2 amide bonds. The molecule has 9 N–H and O–H groups in total.